The molecule has 2 aromatic carbocycles. The minimum absolute atomic E-state index is 0.161. The predicted molar refractivity (Wildman–Crippen MR) is 183 cm³/mol. The summed E-state index contributed by atoms with van der Waals surface area (Å²) in [6.45, 7) is 7.43. The van der Waals surface area contributed by atoms with Gasteiger partial charge in [-0.05, 0) is 59.8 Å². The Morgan fingerprint density at radius 3 is 2.52 bits per heavy atom. The Balaban J connectivity index is 1.49. The molecule has 4 aromatic rings. The molecule has 46 heavy (non-hydrogen) atoms. The lowest BCUT2D eigenvalue weighted by atomic mass is 9.95. The second-order valence-corrected chi connectivity index (χ2v) is 14.7. The molecule has 0 unspecified atom stereocenters. The summed E-state index contributed by atoms with van der Waals surface area (Å²) in [5, 5.41) is 21.1. The highest BCUT2D eigenvalue weighted by Gasteiger charge is 2.38. The molecule has 0 aliphatic carbocycles. The van der Waals surface area contributed by atoms with E-state index in [2.05, 4.69) is 40.3 Å². The molecule has 4 heterocycles. The van der Waals surface area contributed by atoms with Crippen molar-refractivity contribution in [3.63, 3.8) is 0 Å². The van der Waals surface area contributed by atoms with Gasteiger partial charge in [0.2, 0.25) is 0 Å². The number of carbonyl (C=O) groups is 1. The molecule has 0 spiro atoms. The largest absolute Gasteiger partial charge is 0.444 e. The molecule has 10 nitrogen and oxygen atoms in total. The summed E-state index contributed by atoms with van der Waals surface area (Å²) in [5.41, 5.74) is 2.41. The number of halogens is 4. The van der Waals surface area contributed by atoms with Gasteiger partial charge < -0.3 is 19.4 Å². The van der Waals surface area contributed by atoms with Crippen LogP contribution in [-0.2, 0) is 4.74 Å². The van der Waals surface area contributed by atoms with Crippen molar-refractivity contribution in [2.75, 3.05) is 38.6 Å². The number of aromatic nitrogens is 4. The maximum absolute atomic E-state index is 13.1. The zero-order valence-corrected chi connectivity index (χ0v) is 29.2. The fraction of sp³-hybridized carbons (Fsp3) is 0.469. The van der Waals surface area contributed by atoms with Crippen molar-refractivity contribution < 1.29 is 9.53 Å². The molecular formula is C32H34Cl4N8O2. The van der Waals surface area contributed by atoms with E-state index in [1.54, 1.807) is 17.0 Å². The highest BCUT2D eigenvalue weighted by atomic mass is 35.5. The van der Waals surface area contributed by atoms with Gasteiger partial charge in [0.15, 0.2) is 11.3 Å². The highest BCUT2D eigenvalue weighted by Crippen LogP contribution is 2.47. The van der Waals surface area contributed by atoms with E-state index in [0.717, 1.165) is 18.6 Å². The standard InChI is InChI=1S/C32H34Cl4N8O2/c1-32(2,3)46-31(45)43-12-10-18(13-17(43)9-11-37)44-29-21-14-23(34)24(20-7-6-8-22(33)25(20)35)26(36)27(21)38-30(28(29)39-40-44)42-15-19(16-42)41(4)5/h6-8,14,17-19H,9-10,12-13,15-16H2,1-5H3/t17-,18+/m1/s1. The molecule has 0 N–H and O–H groups in total. The summed E-state index contributed by atoms with van der Waals surface area (Å²) in [7, 11) is 4.12. The fourth-order valence-electron chi connectivity index (χ4n) is 6.24. The van der Waals surface area contributed by atoms with E-state index in [-0.39, 0.29) is 18.5 Å². The van der Waals surface area contributed by atoms with Gasteiger partial charge in [-0.25, -0.2) is 14.5 Å². The molecule has 0 bridgehead atoms. The topological polar surface area (TPSA) is 103 Å². The lowest BCUT2D eigenvalue weighted by Gasteiger charge is -2.43. The highest BCUT2D eigenvalue weighted by molar-refractivity contribution is 6.47. The lowest BCUT2D eigenvalue weighted by molar-refractivity contribution is 0.00557. The van der Waals surface area contributed by atoms with Crippen LogP contribution in [0.5, 0.6) is 0 Å². The van der Waals surface area contributed by atoms with Crippen LogP contribution in [-0.4, -0.2) is 87.3 Å². The normalized spacial score (nSPS) is 19.2. The van der Waals surface area contributed by atoms with Gasteiger partial charge in [0.1, 0.15) is 11.1 Å². The zero-order valence-electron chi connectivity index (χ0n) is 26.2. The van der Waals surface area contributed by atoms with Crippen LogP contribution < -0.4 is 4.90 Å². The van der Waals surface area contributed by atoms with Gasteiger partial charge in [0.25, 0.3) is 0 Å². The average molecular weight is 704 g/mol. The Bertz CT molecular complexity index is 1880. The van der Waals surface area contributed by atoms with E-state index in [0.29, 0.717) is 78.9 Å². The van der Waals surface area contributed by atoms with E-state index >= 15 is 0 Å². The quantitative estimate of drug-likeness (QED) is 0.207. The summed E-state index contributed by atoms with van der Waals surface area (Å²) < 4.78 is 7.55. The van der Waals surface area contributed by atoms with Gasteiger partial charge in [0, 0.05) is 42.2 Å². The Kier molecular flexibility index (Phi) is 8.94. The number of pyridine rings is 1. The number of rotatable bonds is 5. The molecule has 1 amide bonds. The first-order valence-corrected chi connectivity index (χ1v) is 16.6. The van der Waals surface area contributed by atoms with Crippen LogP contribution >= 0.6 is 46.4 Å². The Morgan fingerprint density at radius 1 is 1.11 bits per heavy atom. The van der Waals surface area contributed by atoms with Gasteiger partial charge in [-0.1, -0.05) is 63.7 Å². The van der Waals surface area contributed by atoms with Gasteiger partial charge in [-0.15, -0.1) is 5.10 Å². The minimum atomic E-state index is -0.648. The maximum atomic E-state index is 13.1. The van der Waals surface area contributed by atoms with E-state index in [1.807, 2.05) is 37.6 Å². The Hall–Kier alpha value is -3.07. The lowest BCUT2D eigenvalue weighted by Crippen LogP contribution is -2.57. The Morgan fingerprint density at radius 2 is 1.85 bits per heavy atom. The van der Waals surface area contributed by atoms with Crippen LogP contribution in [0.15, 0.2) is 24.3 Å². The first-order valence-electron chi connectivity index (χ1n) is 15.1. The SMILES string of the molecule is CN(C)C1CN(c2nc3c(Cl)c(-c4cccc(Cl)c4Cl)c(Cl)cc3c3c2nnn3[C@H]2CCN(C(=O)OC(C)(C)C)[C@H](CC#N)C2)C1. The van der Waals surface area contributed by atoms with Crippen molar-refractivity contribution in [3.8, 4) is 17.2 Å². The number of likely N-dealkylation sites (tertiary alicyclic amines) is 1. The molecule has 2 atom stereocenters. The Labute approximate surface area is 287 Å². The molecule has 14 heteroatoms. The van der Waals surface area contributed by atoms with Crippen molar-refractivity contribution in [1.82, 2.24) is 29.8 Å². The van der Waals surface area contributed by atoms with E-state index < -0.39 is 11.7 Å². The summed E-state index contributed by atoms with van der Waals surface area (Å²) in [5.74, 6) is 0.680. The number of nitrogens with zero attached hydrogens (tertiary/aromatic N) is 8. The second-order valence-electron chi connectivity index (χ2n) is 13.1. The van der Waals surface area contributed by atoms with Gasteiger partial charge >= 0.3 is 6.09 Å². The number of nitriles is 1. The molecule has 2 saturated heterocycles. The number of likely N-dealkylation sites (N-methyl/N-ethyl adjacent to an activating group) is 1. The van der Waals surface area contributed by atoms with Crippen molar-refractivity contribution in [1.29, 1.82) is 5.26 Å². The van der Waals surface area contributed by atoms with Gasteiger partial charge in [-0.3, -0.25) is 0 Å². The fourth-order valence-corrected chi connectivity index (χ4v) is 7.34. The number of benzene rings is 2. The number of hydrogen-bond donors (Lipinski definition) is 0. The third-order valence-electron chi connectivity index (χ3n) is 8.67. The third kappa shape index (κ3) is 5.93. The average Bonchev–Trinajstić information content (AvgIpc) is 3.40. The van der Waals surface area contributed by atoms with Gasteiger partial charge in [-0.2, -0.15) is 5.26 Å². The smallest absolute Gasteiger partial charge is 0.410 e. The molecule has 2 fully saturated rings. The monoisotopic (exact) mass is 702 g/mol. The number of ether oxygens (including phenoxy) is 1. The van der Waals surface area contributed by atoms with Crippen molar-refractivity contribution >= 4 is 80.3 Å². The van der Waals surface area contributed by atoms with Crippen molar-refractivity contribution in [3.05, 3.63) is 44.4 Å². The van der Waals surface area contributed by atoms with Crippen LogP contribution in [0.2, 0.25) is 20.1 Å². The van der Waals surface area contributed by atoms with E-state index in [4.69, 9.17) is 56.1 Å². The van der Waals surface area contributed by atoms with E-state index in [9.17, 15) is 10.1 Å². The molecule has 2 aliphatic heterocycles. The summed E-state index contributed by atoms with van der Waals surface area (Å²) in [4.78, 5) is 24.2. The second kappa shape index (κ2) is 12.5. The summed E-state index contributed by atoms with van der Waals surface area (Å²) in [6.07, 6.45) is 0.819. The molecule has 0 radical (unpaired) electrons. The van der Waals surface area contributed by atoms with Gasteiger partial charge in [0.05, 0.1) is 50.2 Å². The number of carbonyl (C=O) groups excluding carboxylic acids is 1. The van der Waals surface area contributed by atoms with Crippen LogP contribution in [0.1, 0.15) is 46.1 Å². The minimum Gasteiger partial charge on any atom is -0.444 e. The predicted octanol–water partition coefficient (Wildman–Crippen LogP) is 7.86. The van der Waals surface area contributed by atoms with Crippen LogP contribution in [0.25, 0.3) is 33.1 Å². The summed E-state index contributed by atoms with van der Waals surface area (Å²) in [6, 6.07) is 9.25. The van der Waals surface area contributed by atoms with Crippen LogP contribution in [0, 0.1) is 11.3 Å². The molecule has 2 aromatic heterocycles. The first kappa shape index (κ1) is 32.9. The molecular weight excluding hydrogens is 670 g/mol. The molecule has 6 rings (SSSR count). The number of anilines is 1. The zero-order chi connectivity index (χ0) is 33.1. The molecule has 2 aliphatic rings. The van der Waals surface area contributed by atoms with Crippen molar-refractivity contribution in [2.45, 2.75) is 63.8 Å². The summed E-state index contributed by atoms with van der Waals surface area (Å²) >= 11 is 27.1. The number of piperidine rings is 1. The first-order chi connectivity index (χ1) is 21.8. The van der Waals surface area contributed by atoms with Crippen molar-refractivity contribution in [2.24, 2.45) is 0 Å². The van der Waals surface area contributed by atoms with Crippen LogP contribution in [0.3, 0.4) is 0 Å². The van der Waals surface area contributed by atoms with E-state index in [1.165, 1.54) is 0 Å². The number of amides is 1. The maximum Gasteiger partial charge on any atom is 0.410 e. The molecule has 0 saturated carbocycles. The number of fused-ring (bicyclic) bond motifs is 3. The number of hydrogen-bond acceptors (Lipinski definition) is 8. The molecule has 242 valence electrons. The third-order valence-corrected chi connectivity index (χ3v) is 10.2. The van der Waals surface area contributed by atoms with Crippen LogP contribution in [0.4, 0.5) is 10.6 Å².